The minimum Gasteiger partial charge on any atom is -0.460 e. The van der Waals surface area contributed by atoms with Crippen LogP contribution in [0.25, 0.3) is 0 Å². The molecule has 1 N–H and O–H groups in total. The fraction of sp³-hybridized carbons (Fsp3) is 0.500. The zero-order valence-electron chi connectivity index (χ0n) is 11.1. The monoisotopic (exact) mass is 264 g/mol. The average Bonchev–Trinajstić information content (AvgIpc) is 2.73. The second kappa shape index (κ2) is 4.86. The third kappa shape index (κ3) is 2.35. The normalized spacial score (nSPS) is 25.9. The second-order valence-electron chi connectivity index (χ2n) is 5.59. The predicted molar refractivity (Wildman–Crippen MR) is 73.5 cm³/mol. The molecule has 98 valence electrons. The minimum atomic E-state index is -1.82. The van der Waals surface area contributed by atoms with Gasteiger partial charge in [-0.1, -0.05) is 48.6 Å². The van der Waals surface area contributed by atoms with Crippen molar-refractivity contribution in [3.8, 4) is 0 Å². The van der Waals surface area contributed by atoms with Crippen molar-refractivity contribution in [3.63, 3.8) is 0 Å². The molecule has 2 rings (SSSR count). The van der Waals surface area contributed by atoms with Gasteiger partial charge < -0.3 is 9.84 Å². The Morgan fingerprint density at radius 1 is 1.33 bits per heavy atom. The van der Waals surface area contributed by atoms with Gasteiger partial charge in [0, 0.05) is 12.0 Å². The highest BCUT2D eigenvalue weighted by molar-refractivity contribution is 6.91. The van der Waals surface area contributed by atoms with E-state index in [9.17, 15) is 9.90 Å². The number of carbonyl (C=O) groups excluding carboxylic acids is 1. The van der Waals surface area contributed by atoms with Crippen LogP contribution in [0.1, 0.15) is 13.3 Å². The van der Waals surface area contributed by atoms with Crippen LogP contribution in [0.4, 0.5) is 0 Å². The Balaban J connectivity index is 2.31. The minimum absolute atomic E-state index is 0.146. The maximum atomic E-state index is 11.5. The maximum Gasteiger partial charge on any atom is 0.306 e. The number of hydrogen-bond acceptors (Lipinski definition) is 3. The number of carbonyl (C=O) groups is 1. The number of rotatable bonds is 3. The SMILES string of the molecule is C[C@H](O)[C@H]1OC(=O)C[C@H]1[Si](C)(C)c1ccccc1. The summed E-state index contributed by atoms with van der Waals surface area (Å²) in [5.74, 6) is -0.178. The molecule has 0 aliphatic carbocycles. The zero-order chi connectivity index (χ0) is 13.3. The first-order valence-corrected chi connectivity index (χ1v) is 9.43. The fourth-order valence-electron chi connectivity index (χ4n) is 2.76. The molecule has 1 aliphatic heterocycles. The Labute approximate surface area is 109 Å². The third-order valence-corrected chi connectivity index (χ3v) is 8.18. The van der Waals surface area contributed by atoms with E-state index in [0.29, 0.717) is 6.42 Å². The summed E-state index contributed by atoms with van der Waals surface area (Å²) in [6, 6.07) is 10.3. The molecule has 1 heterocycles. The van der Waals surface area contributed by atoms with E-state index < -0.39 is 14.2 Å². The van der Waals surface area contributed by atoms with Gasteiger partial charge in [0.2, 0.25) is 0 Å². The molecule has 0 spiro atoms. The van der Waals surface area contributed by atoms with Gasteiger partial charge in [0.15, 0.2) is 0 Å². The molecule has 18 heavy (non-hydrogen) atoms. The molecule has 3 atom stereocenters. The first-order valence-electron chi connectivity index (χ1n) is 6.36. The maximum absolute atomic E-state index is 11.5. The van der Waals surface area contributed by atoms with Gasteiger partial charge >= 0.3 is 5.97 Å². The Hall–Kier alpha value is -1.13. The van der Waals surface area contributed by atoms with Crippen LogP contribution in [0, 0.1) is 0 Å². The third-order valence-electron chi connectivity index (χ3n) is 3.97. The number of benzene rings is 1. The molecule has 0 radical (unpaired) electrons. The molecular formula is C14H20O3Si. The number of ether oxygens (including phenoxy) is 1. The molecule has 1 aromatic carbocycles. The highest BCUT2D eigenvalue weighted by Crippen LogP contribution is 2.38. The Morgan fingerprint density at radius 3 is 2.50 bits per heavy atom. The van der Waals surface area contributed by atoms with Crippen LogP contribution >= 0.6 is 0 Å². The van der Waals surface area contributed by atoms with Crippen molar-refractivity contribution >= 4 is 19.2 Å². The van der Waals surface area contributed by atoms with Gasteiger partial charge in [0.05, 0.1) is 14.2 Å². The quantitative estimate of drug-likeness (QED) is 0.667. The van der Waals surface area contributed by atoms with E-state index in [0.717, 1.165) is 0 Å². The van der Waals surface area contributed by atoms with Crippen LogP contribution in [-0.2, 0) is 9.53 Å². The largest absolute Gasteiger partial charge is 0.460 e. The lowest BCUT2D eigenvalue weighted by Gasteiger charge is -2.33. The van der Waals surface area contributed by atoms with Crippen LogP contribution in [0.15, 0.2) is 30.3 Å². The van der Waals surface area contributed by atoms with E-state index in [1.54, 1.807) is 6.92 Å². The van der Waals surface area contributed by atoms with Crippen LogP contribution < -0.4 is 5.19 Å². The first-order chi connectivity index (χ1) is 8.43. The molecule has 1 aliphatic rings. The molecule has 0 saturated carbocycles. The number of esters is 1. The van der Waals surface area contributed by atoms with Crippen molar-refractivity contribution < 1.29 is 14.6 Å². The van der Waals surface area contributed by atoms with Gasteiger partial charge in [0.1, 0.15) is 6.10 Å². The molecule has 3 nitrogen and oxygen atoms in total. The summed E-state index contributed by atoms with van der Waals surface area (Å²) in [5.41, 5.74) is 0.146. The van der Waals surface area contributed by atoms with Crippen LogP contribution in [0.3, 0.4) is 0 Å². The Bertz CT molecular complexity index is 428. The van der Waals surface area contributed by atoms with Gasteiger partial charge in [-0.05, 0) is 6.92 Å². The Morgan fingerprint density at radius 2 is 1.94 bits per heavy atom. The zero-order valence-corrected chi connectivity index (χ0v) is 12.1. The molecule has 1 aromatic rings. The van der Waals surface area contributed by atoms with Crippen molar-refractivity contribution in [1.29, 1.82) is 0 Å². The lowest BCUT2D eigenvalue weighted by Crippen LogP contribution is -2.50. The molecular weight excluding hydrogens is 244 g/mol. The van der Waals surface area contributed by atoms with Crippen molar-refractivity contribution in [1.82, 2.24) is 0 Å². The molecule has 0 unspecified atom stereocenters. The summed E-state index contributed by atoms with van der Waals surface area (Å²) in [4.78, 5) is 11.5. The molecule has 1 fully saturated rings. The second-order valence-corrected chi connectivity index (χ2v) is 10.4. The number of aliphatic hydroxyl groups is 1. The molecule has 1 saturated heterocycles. The van der Waals surface area contributed by atoms with E-state index in [-0.39, 0.29) is 17.6 Å². The summed E-state index contributed by atoms with van der Waals surface area (Å²) in [7, 11) is -1.82. The lowest BCUT2D eigenvalue weighted by molar-refractivity contribution is -0.144. The summed E-state index contributed by atoms with van der Waals surface area (Å²) < 4.78 is 5.29. The van der Waals surface area contributed by atoms with E-state index in [4.69, 9.17) is 4.74 Å². The Kier molecular flexibility index (Phi) is 3.59. The summed E-state index contributed by atoms with van der Waals surface area (Å²) in [6.45, 7) is 6.18. The van der Waals surface area contributed by atoms with Gasteiger partial charge in [-0.2, -0.15) is 0 Å². The predicted octanol–water partition coefficient (Wildman–Crippen LogP) is 1.67. The molecule has 0 aromatic heterocycles. The van der Waals surface area contributed by atoms with Crippen molar-refractivity contribution in [2.45, 2.75) is 44.2 Å². The van der Waals surface area contributed by atoms with Crippen molar-refractivity contribution in [2.24, 2.45) is 0 Å². The average molecular weight is 264 g/mol. The van der Waals surface area contributed by atoms with E-state index in [2.05, 4.69) is 25.2 Å². The highest BCUT2D eigenvalue weighted by Gasteiger charge is 2.48. The number of aliphatic hydroxyl groups excluding tert-OH is 1. The van der Waals surface area contributed by atoms with Gasteiger partial charge in [-0.3, -0.25) is 4.79 Å². The van der Waals surface area contributed by atoms with E-state index >= 15 is 0 Å². The van der Waals surface area contributed by atoms with Crippen LogP contribution in [0.5, 0.6) is 0 Å². The summed E-state index contributed by atoms with van der Waals surface area (Å²) in [6.07, 6.45) is -0.514. The molecule has 4 heteroatoms. The fourth-order valence-corrected chi connectivity index (χ4v) is 6.08. The summed E-state index contributed by atoms with van der Waals surface area (Å²) >= 11 is 0. The van der Waals surface area contributed by atoms with Gasteiger partial charge in [-0.15, -0.1) is 0 Å². The standard InChI is InChI=1S/C14H20O3Si/c1-10(15)14-12(9-13(16)17-14)18(2,3)11-7-5-4-6-8-11/h4-8,10,12,14-15H,9H2,1-3H3/t10-,12+,14+/m0/s1. The summed E-state index contributed by atoms with van der Waals surface area (Å²) in [5, 5.41) is 11.1. The van der Waals surface area contributed by atoms with Crippen molar-refractivity contribution in [2.75, 3.05) is 0 Å². The first kappa shape index (κ1) is 13.3. The molecule has 0 amide bonds. The highest BCUT2D eigenvalue weighted by atomic mass is 28.3. The van der Waals surface area contributed by atoms with Crippen LogP contribution in [-0.4, -0.2) is 31.4 Å². The topological polar surface area (TPSA) is 46.5 Å². The van der Waals surface area contributed by atoms with Gasteiger partial charge in [-0.25, -0.2) is 0 Å². The van der Waals surface area contributed by atoms with Crippen LogP contribution in [0.2, 0.25) is 18.6 Å². The lowest BCUT2D eigenvalue weighted by atomic mass is 10.1. The number of cyclic esters (lactones) is 1. The smallest absolute Gasteiger partial charge is 0.306 e. The van der Waals surface area contributed by atoms with Gasteiger partial charge in [0.25, 0.3) is 0 Å². The van der Waals surface area contributed by atoms with E-state index in [1.165, 1.54) is 5.19 Å². The number of hydrogen-bond donors (Lipinski definition) is 1. The molecule has 0 bridgehead atoms. The van der Waals surface area contributed by atoms with E-state index in [1.807, 2.05) is 18.2 Å². The van der Waals surface area contributed by atoms with Crippen molar-refractivity contribution in [3.05, 3.63) is 30.3 Å².